The molecule has 8 heteroatoms. The molecule has 1 atom stereocenters. The molecule has 0 unspecified atom stereocenters. The number of amides is 3. The maximum absolute atomic E-state index is 12.1. The second kappa shape index (κ2) is 6.33. The Morgan fingerprint density at radius 3 is 2.55 bits per heavy atom. The summed E-state index contributed by atoms with van der Waals surface area (Å²) < 4.78 is 10.3. The summed E-state index contributed by atoms with van der Waals surface area (Å²) in [6.45, 7) is 0.0289. The topological polar surface area (TPSA) is 105 Å². The van der Waals surface area contributed by atoms with Crippen molar-refractivity contribution < 1.29 is 29.0 Å². The van der Waals surface area contributed by atoms with Crippen molar-refractivity contribution in [2.24, 2.45) is 0 Å². The molecule has 1 aliphatic heterocycles. The third kappa shape index (κ3) is 3.11. The summed E-state index contributed by atoms with van der Waals surface area (Å²) in [7, 11) is 2.99. The number of hydrogen-bond acceptors (Lipinski definition) is 5. The van der Waals surface area contributed by atoms with Crippen molar-refractivity contribution in [2.75, 3.05) is 14.2 Å². The highest BCUT2D eigenvalue weighted by molar-refractivity contribution is 6.05. The quantitative estimate of drug-likeness (QED) is 0.746. The molecule has 0 bridgehead atoms. The van der Waals surface area contributed by atoms with Crippen molar-refractivity contribution >= 4 is 17.9 Å². The molecule has 0 saturated carbocycles. The third-order valence-corrected chi connectivity index (χ3v) is 3.27. The zero-order valence-electron chi connectivity index (χ0n) is 12.2. The lowest BCUT2D eigenvalue weighted by molar-refractivity contribution is -0.140. The summed E-state index contributed by atoms with van der Waals surface area (Å²) in [4.78, 5) is 35.5. The Bertz CT molecular complexity index is 615. The minimum absolute atomic E-state index is 0.0289. The lowest BCUT2D eigenvalue weighted by atomic mass is 10.1. The minimum atomic E-state index is -1.15. The lowest BCUT2D eigenvalue weighted by Gasteiger charge is -2.14. The molecular weight excluding hydrogens is 292 g/mol. The summed E-state index contributed by atoms with van der Waals surface area (Å²) in [5, 5.41) is 11.1. The van der Waals surface area contributed by atoms with E-state index >= 15 is 0 Å². The van der Waals surface area contributed by atoms with E-state index in [0.717, 1.165) is 4.90 Å². The van der Waals surface area contributed by atoms with Gasteiger partial charge in [-0.2, -0.15) is 0 Å². The number of carboxylic acids is 1. The maximum Gasteiger partial charge on any atom is 0.325 e. The van der Waals surface area contributed by atoms with E-state index in [1.165, 1.54) is 14.2 Å². The Labute approximate surface area is 126 Å². The molecule has 1 aromatic rings. The van der Waals surface area contributed by atoms with Gasteiger partial charge in [-0.1, -0.05) is 6.07 Å². The van der Waals surface area contributed by atoms with E-state index < -0.39 is 30.4 Å². The first-order valence-corrected chi connectivity index (χ1v) is 6.50. The van der Waals surface area contributed by atoms with Crippen molar-refractivity contribution in [3.63, 3.8) is 0 Å². The van der Waals surface area contributed by atoms with Gasteiger partial charge in [-0.25, -0.2) is 4.79 Å². The number of imide groups is 1. The van der Waals surface area contributed by atoms with Crippen molar-refractivity contribution in [1.82, 2.24) is 10.2 Å². The van der Waals surface area contributed by atoms with Gasteiger partial charge in [0, 0.05) is 0 Å². The van der Waals surface area contributed by atoms with E-state index in [4.69, 9.17) is 14.6 Å². The maximum atomic E-state index is 12.1. The molecule has 8 nitrogen and oxygen atoms in total. The number of nitrogens with one attached hydrogen (secondary N) is 1. The second-order valence-corrected chi connectivity index (χ2v) is 4.71. The van der Waals surface area contributed by atoms with Crippen LogP contribution in [0.15, 0.2) is 18.2 Å². The summed E-state index contributed by atoms with van der Waals surface area (Å²) in [6, 6.07) is 3.40. The first-order valence-electron chi connectivity index (χ1n) is 6.50. The second-order valence-electron chi connectivity index (χ2n) is 4.71. The van der Waals surface area contributed by atoms with Crippen molar-refractivity contribution in [3.05, 3.63) is 23.8 Å². The van der Waals surface area contributed by atoms with Crippen LogP contribution < -0.4 is 14.8 Å². The highest BCUT2D eigenvalue weighted by Gasteiger charge is 2.39. The first kappa shape index (κ1) is 15.6. The van der Waals surface area contributed by atoms with Crippen molar-refractivity contribution in [2.45, 2.75) is 19.0 Å². The van der Waals surface area contributed by atoms with Crippen molar-refractivity contribution in [1.29, 1.82) is 0 Å². The number of rotatable bonds is 6. The number of carbonyl (C=O) groups excluding carboxylic acids is 2. The Hall–Kier alpha value is -2.77. The molecule has 0 aliphatic carbocycles. The van der Waals surface area contributed by atoms with Crippen LogP contribution in [0.1, 0.15) is 12.0 Å². The number of nitrogens with zero attached hydrogens (tertiary/aromatic N) is 1. The number of urea groups is 1. The van der Waals surface area contributed by atoms with Gasteiger partial charge in [0.1, 0.15) is 6.04 Å². The SMILES string of the molecule is COc1ccc(CN2C(=O)N[C@@H](CC(=O)O)C2=O)cc1OC. The fourth-order valence-corrected chi connectivity index (χ4v) is 2.20. The van der Waals surface area contributed by atoms with E-state index in [2.05, 4.69) is 5.32 Å². The Morgan fingerprint density at radius 1 is 1.27 bits per heavy atom. The summed E-state index contributed by atoms with van der Waals surface area (Å²) >= 11 is 0. The molecule has 0 radical (unpaired) electrons. The van der Waals surface area contributed by atoms with Crippen LogP contribution >= 0.6 is 0 Å². The van der Waals surface area contributed by atoms with Crippen LogP contribution in [-0.2, 0) is 16.1 Å². The molecule has 118 valence electrons. The first-order chi connectivity index (χ1) is 10.5. The van der Waals surface area contributed by atoms with Crippen LogP contribution in [0.25, 0.3) is 0 Å². The highest BCUT2D eigenvalue weighted by Crippen LogP contribution is 2.28. The van der Waals surface area contributed by atoms with E-state index in [0.29, 0.717) is 17.1 Å². The zero-order chi connectivity index (χ0) is 16.3. The molecule has 1 aliphatic rings. The molecule has 22 heavy (non-hydrogen) atoms. The van der Waals surface area contributed by atoms with Gasteiger partial charge in [-0.3, -0.25) is 14.5 Å². The fraction of sp³-hybridized carbons (Fsp3) is 0.357. The van der Waals surface area contributed by atoms with Gasteiger partial charge in [-0.05, 0) is 17.7 Å². The van der Waals surface area contributed by atoms with Gasteiger partial charge in [0.05, 0.1) is 27.2 Å². The smallest absolute Gasteiger partial charge is 0.325 e. The highest BCUT2D eigenvalue weighted by atomic mass is 16.5. The van der Waals surface area contributed by atoms with E-state index in [-0.39, 0.29) is 6.54 Å². The molecule has 2 N–H and O–H groups in total. The standard InChI is InChI=1S/C14H16N2O6/c1-21-10-4-3-8(5-11(10)22-2)7-16-13(19)9(6-12(17)18)15-14(16)20/h3-5,9H,6-7H2,1-2H3,(H,15,20)(H,17,18)/t9-/m0/s1. The largest absolute Gasteiger partial charge is 0.493 e. The molecule has 0 spiro atoms. The number of benzene rings is 1. The van der Waals surface area contributed by atoms with Gasteiger partial charge in [0.2, 0.25) is 0 Å². The molecule has 0 aromatic heterocycles. The number of carbonyl (C=O) groups is 3. The predicted octanol–water partition coefficient (Wildman–Crippen LogP) is 0.599. The van der Waals surface area contributed by atoms with Gasteiger partial charge < -0.3 is 19.9 Å². The zero-order valence-corrected chi connectivity index (χ0v) is 12.2. The van der Waals surface area contributed by atoms with E-state index in [1.807, 2.05) is 0 Å². The summed E-state index contributed by atoms with van der Waals surface area (Å²) in [6.07, 6.45) is -0.437. The number of methoxy groups -OCH3 is 2. The number of ether oxygens (including phenoxy) is 2. The van der Waals surface area contributed by atoms with Crippen LogP contribution in [0, 0.1) is 0 Å². The number of hydrogen-bond donors (Lipinski definition) is 2. The average molecular weight is 308 g/mol. The minimum Gasteiger partial charge on any atom is -0.493 e. The van der Waals surface area contributed by atoms with Crippen LogP contribution in [0.5, 0.6) is 11.5 Å². The fourth-order valence-electron chi connectivity index (χ4n) is 2.20. The van der Waals surface area contributed by atoms with Gasteiger partial charge in [-0.15, -0.1) is 0 Å². The Kier molecular flexibility index (Phi) is 4.50. The van der Waals surface area contributed by atoms with Crippen LogP contribution in [-0.4, -0.2) is 48.2 Å². The van der Waals surface area contributed by atoms with Crippen LogP contribution in [0.4, 0.5) is 4.79 Å². The molecule has 1 heterocycles. The van der Waals surface area contributed by atoms with Crippen molar-refractivity contribution in [3.8, 4) is 11.5 Å². The Balaban J connectivity index is 2.15. The van der Waals surface area contributed by atoms with Gasteiger partial charge >= 0.3 is 12.0 Å². The molecule has 3 amide bonds. The number of aliphatic carboxylic acids is 1. The summed E-state index contributed by atoms with van der Waals surface area (Å²) in [5.41, 5.74) is 0.664. The molecule has 1 saturated heterocycles. The normalized spacial score (nSPS) is 17.4. The Morgan fingerprint density at radius 2 is 1.95 bits per heavy atom. The lowest BCUT2D eigenvalue weighted by Crippen LogP contribution is -2.32. The van der Waals surface area contributed by atoms with E-state index in [9.17, 15) is 14.4 Å². The average Bonchev–Trinajstić information content (AvgIpc) is 2.74. The predicted molar refractivity (Wildman–Crippen MR) is 74.7 cm³/mol. The summed E-state index contributed by atoms with van der Waals surface area (Å²) in [5.74, 6) is -0.685. The van der Waals surface area contributed by atoms with Gasteiger partial charge in [0.15, 0.2) is 11.5 Å². The van der Waals surface area contributed by atoms with Gasteiger partial charge in [0.25, 0.3) is 5.91 Å². The molecule has 2 rings (SSSR count). The number of carboxylic acid groups (broad SMARTS) is 1. The van der Waals surface area contributed by atoms with Crippen LogP contribution in [0.2, 0.25) is 0 Å². The monoisotopic (exact) mass is 308 g/mol. The van der Waals surface area contributed by atoms with Crippen LogP contribution in [0.3, 0.4) is 0 Å². The third-order valence-electron chi connectivity index (χ3n) is 3.27. The molecular formula is C14H16N2O6. The van der Waals surface area contributed by atoms with E-state index in [1.54, 1.807) is 18.2 Å². The molecule has 1 aromatic carbocycles. The molecule has 1 fully saturated rings.